The van der Waals surface area contributed by atoms with Crippen molar-refractivity contribution in [3.63, 3.8) is 0 Å². The zero-order valence-electron chi connectivity index (χ0n) is 10.5. The summed E-state index contributed by atoms with van der Waals surface area (Å²) in [5.41, 5.74) is 6.87. The van der Waals surface area contributed by atoms with Crippen LogP contribution in [0.5, 0.6) is 11.6 Å². The lowest BCUT2D eigenvalue weighted by molar-refractivity contribution is -0.385. The van der Waals surface area contributed by atoms with Crippen LogP contribution < -0.4 is 10.5 Å². The van der Waals surface area contributed by atoms with Crippen LogP contribution in [0.4, 0.5) is 11.5 Å². The first-order valence-corrected chi connectivity index (χ1v) is 5.49. The monoisotopic (exact) mass is 260 g/mol. The lowest BCUT2D eigenvalue weighted by Crippen LogP contribution is -2.03. The highest BCUT2D eigenvalue weighted by atomic mass is 16.6. The van der Waals surface area contributed by atoms with Crippen LogP contribution in [0.2, 0.25) is 0 Å². The number of anilines is 1. The molecular weight excluding hydrogens is 248 g/mol. The maximum Gasteiger partial charge on any atom is 0.372 e. The van der Waals surface area contributed by atoms with Crippen LogP contribution in [0.3, 0.4) is 0 Å². The fraction of sp³-hybridized carbons (Fsp3) is 0.167. The van der Waals surface area contributed by atoms with E-state index in [0.29, 0.717) is 5.75 Å². The minimum Gasteiger partial charge on any atom is -0.433 e. The fourth-order valence-corrected chi connectivity index (χ4v) is 1.54. The molecule has 0 radical (unpaired) electrons. The van der Waals surface area contributed by atoms with E-state index in [1.54, 1.807) is 6.07 Å². The van der Waals surface area contributed by atoms with Crippen LogP contribution in [0.25, 0.3) is 0 Å². The van der Waals surface area contributed by atoms with Gasteiger partial charge >= 0.3 is 11.6 Å². The standard InChI is InChI=1S/C12H12N4O3/c1-7-3-4-8(2)9(5-7)19-12-10(16(17)18)11(13)14-6-15-12/h3-6H,1-2H3,(H2,13,14,15). The summed E-state index contributed by atoms with van der Waals surface area (Å²) in [6.07, 6.45) is 1.13. The molecule has 2 rings (SSSR count). The first-order chi connectivity index (χ1) is 8.99. The van der Waals surface area contributed by atoms with Gasteiger partial charge in [-0.15, -0.1) is 0 Å². The van der Waals surface area contributed by atoms with Gasteiger partial charge in [-0.1, -0.05) is 12.1 Å². The summed E-state index contributed by atoms with van der Waals surface area (Å²) in [7, 11) is 0. The van der Waals surface area contributed by atoms with E-state index in [9.17, 15) is 10.1 Å². The van der Waals surface area contributed by atoms with Gasteiger partial charge in [0.05, 0.1) is 4.92 Å². The lowest BCUT2D eigenvalue weighted by Gasteiger charge is -2.09. The van der Waals surface area contributed by atoms with Crippen molar-refractivity contribution in [3.05, 3.63) is 45.8 Å². The molecule has 0 saturated carbocycles. The third kappa shape index (κ3) is 2.59. The Bertz CT molecular complexity index is 643. The minimum absolute atomic E-state index is 0.161. The zero-order valence-corrected chi connectivity index (χ0v) is 10.5. The van der Waals surface area contributed by atoms with Crippen LogP contribution in [-0.4, -0.2) is 14.9 Å². The number of hydrogen-bond acceptors (Lipinski definition) is 6. The first kappa shape index (κ1) is 12.7. The number of ether oxygens (including phenoxy) is 1. The number of hydrogen-bond donors (Lipinski definition) is 1. The molecule has 19 heavy (non-hydrogen) atoms. The predicted octanol–water partition coefficient (Wildman–Crippen LogP) is 2.38. The van der Waals surface area contributed by atoms with Gasteiger partial charge in [0, 0.05) is 0 Å². The maximum atomic E-state index is 11.0. The number of aromatic nitrogens is 2. The Labute approximate surface area is 109 Å². The number of benzene rings is 1. The van der Waals surface area contributed by atoms with Crippen molar-refractivity contribution in [2.24, 2.45) is 0 Å². The van der Waals surface area contributed by atoms with E-state index < -0.39 is 10.6 Å². The summed E-state index contributed by atoms with van der Waals surface area (Å²) in [6, 6.07) is 5.56. The largest absolute Gasteiger partial charge is 0.433 e. The fourth-order valence-electron chi connectivity index (χ4n) is 1.54. The molecule has 7 nitrogen and oxygen atoms in total. The van der Waals surface area contributed by atoms with Crippen LogP contribution >= 0.6 is 0 Å². The molecule has 0 unspecified atom stereocenters. The Morgan fingerprint density at radius 3 is 2.74 bits per heavy atom. The molecular formula is C12H12N4O3. The summed E-state index contributed by atoms with van der Waals surface area (Å²) < 4.78 is 5.49. The molecule has 0 fully saturated rings. The van der Waals surface area contributed by atoms with Gasteiger partial charge in [0.25, 0.3) is 0 Å². The van der Waals surface area contributed by atoms with Crippen molar-refractivity contribution in [1.82, 2.24) is 9.97 Å². The second kappa shape index (κ2) is 4.89. The molecule has 0 saturated heterocycles. The zero-order chi connectivity index (χ0) is 14.0. The molecule has 0 spiro atoms. The van der Waals surface area contributed by atoms with E-state index in [1.807, 2.05) is 26.0 Å². The van der Waals surface area contributed by atoms with Crippen LogP contribution in [0, 0.1) is 24.0 Å². The smallest absolute Gasteiger partial charge is 0.372 e. The maximum absolute atomic E-state index is 11.0. The molecule has 0 atom stereocenters. The van der Waals surface area contributed by atoms with Crippen molar-refractivity contribution in [1.29, 1.82) is 0 Å². The molecule has 0 aliphatic heterocycles. The predicted molar refractivity (Wildman–Crippen MR) is 69.1 cm³/mol. The Balaban J connectivity index is 2.46. The molecule has 1 heterocycles. The van der Waals surface area contributed by atoms with E-state index in [0.717, 1.165) is 17.5 Å². The average molecular weight is 260 g/mol. The van der Waals surface area contributed by atoms with Crippen LogP contribution in [-0.2, 0) is 0 Å². The summed E-state index contributed by atoms with van der Waals surface area (Å²) in [6.45, 7) is 3.74. The number of nitro groups is 1. The van der Waals surface area contributed by atoms with Crippen LogP contribution in [0.15, 0.2) is 24.5 Å². The molecule has 7 heteroatoms. The Morgan fingerprint density at radius 2 is 2.05 bits per heavy atom. The van der Waals surface area contributed by atoms with Crippen molar-refractivity contribution in [2.75, 3.05) is 5.73 Å². The third-order valence-electron chi connectivity index (χ3n) is 2.55. The van der Waals surface area contributed by atoms with Gasteiger partial charge in [-0.05, 0) is 31.0 Å². The number of nitrogen functional groups attached to an aromatic ring is 1. The number of nitrogens with two attached hydrogens (primary N) is 1. The quantitative estimate of drug-likeness (QED) is 0.671. The number of aryl methyl sites for hydroxylation is 2. The van der Waals surface area contributed by atoms with Crippen molar-refractivity contribution in [2.45, 2.75) is 13.8 Å². The van der Waals surface area contributed by atoms with E-state index >= 15 is 0 Å². The summed E-state index contributed by atoms with van der Waals surface area (Å²) in [4.78, 5) is 17.7. The number of rotatable bonds is 3. The van der Waals surface area contributed by atoms with E-state index in [2.05, 4.69) is 9.97 Å². The number of nitrogens with zero attached hydrogens (tertiary/aromatic N) is 3. The van der Waals surface area contributed by atoms with Crippen molar-refractivity contribution >= 4 is 11.5 Å². The molecule has 2 N–H and O–H groups in total. The molecule has 0 bridgehead atoms. The van der Waals surface area contributed by atoms with Gasteiger partial charge in [0.2, 0.25) is 5.82 Å². The van der Waals surface area contributed by atoms with Gasteiger partial charge in [-0.25, -0.2) is 4.98 Å². The molecule has 0 aliphatic carbocycles. The summed E-state index contributed by atoms with van der Waals surface area (Å²) >= 11 is 0. The third-order valence-corrected chi connectivity index (χ3v) is 2.55. The molecule has 2 aromatic rings. The second-order valence-electron chi connectivity index (χ2n) is 4.04. The van der Waals surface area contributed by atoms with E-state index in [1.165, 1.54) is 0 Å². The van der Waals surface area contributed by atoms with Gasteiger partial charge in [-0.2, -0.15) is 4.98 Å². The first-order valence-electron chi connectivity index (χ1n) is 5.49. The van der Waals surface area contributed by atoms with Gasteiger partial charge in [0.1, 0.15) is 12.1 Å². The molecule has 1 aromatic heterocycles. The minimum atomic E-state index is -0.657. The molecule has 1 aromatic carbocycles. The van der Waals surface area contributed by atoms with Gasteiger partial charge in [-0.3, -0.25) is 10.1 Å². The molecule has 0 amide bonds. The highest BCUT2D eigenvalue weighted by Crippen LogP contribution is 2.33. The van der Waals surface area contributed by atoms with Crippen LogP contribution in [0.1, 0.15) is 11.1 Å². The van der Waals surface area contributed by atoms with E-state index in [4.69, 9.17) is 10.5 Å². The Hall–Kier alpha value is -2.70. The topological polar surface area (TPSA) is 104 Å². The summed E-state index contributed by atoms with van der Waals surface area (Å²) in [5, 5.41) is 11.0. The highest BCUT2D eigenvalue weighted by molar-refractivity contribution is 5.59. The molecule has 98 valence electrons. The second-order valence-corrected chi connectivity index (χ2v) is 4.04. The SMILES string of the molecule is Cc1ccc(C)c(Oc2ncnc(N)c2[N+](=O)[O-])c1. The Kier molecular flexibility index (Phi) is 3.28. The van der Waals surface area contributed by atoms with Gasteiger partial charge in [0.15, 0.2) is 0 Å². The normalized spacial score (nSPS) is 10.2. The lowest BCUT2D eigenvalue weighted by atomic mass is 10.1. The Morgan fingerprint density at radius 1 is 1.32 bits per heavy atom. The van der Waals surface area contributed by atoms with Crippen molar-refractivity contribution in [3.8, 4) is 11.6 Å². The molecule has 0 aliphatic rings. The van der Waals surface area contributed by atoms with Gasteiger partial charge < -0.3 is 10.5 Å². The van der Waals surface area contributed by atoms with Crippen molar-refractivity contribution < 1.29 is 9.66 Å². The van der Waals surface area contributed by atoms with E-state index in [-0.39, 0.29) is 11.7 Å². The summed E-state index contributed by atoms with van der Waals surface area (Å²) in [5.74, 6) is 0.118. The average Bonchev–Trinajstić information content (AvgIpc) is 2.33. The highest BCUT2D eigenvalue weighted by Gasteiger charge is 2.23.